The molecule has 0 aliphatic rings. The Hall–Kier alpha value is -1.29. The molecule has 66 valence electrons. The van der Waals surface area contributed by atoms with Crippen molar-refractivity contribution in [1.29, 1.82) is 0 Å². The molecule has 3 nitrogen and oxygen atoms in total. The van der Waals surface area contributed by atoms with Crippen LogP contribution in [0.2, 0.25) is 0 Å². The summed E-state index contributed by atoms with van der Waals surface area (Å²) in [6.07, 6.45) is 3.56. The Morgan fingerprint density at radius 3 is 2.85 bits per heavy atom. The Morgan fingerprint density at radius 2 is 2.23 bits per heavy atom. The second-order valence-electron chi connectivity index (χ2n) is 2.69. The van der Waals surface area contributed by atoms with Gasteiger partial charge in [0, 0.05) is 27.5 Å². The van der Waals surface area contributed by atoms with Gasteiger partial charge in [-0.1, -0.05) is 22.0 Å². The van der Waals surface area contributed by atoms with Crippen LogP contribution in [0.15, 0.2) is 35.1 Å². The normalized spacial score (nSPS) is 10.2. The molecule has 0 saturated heterocycles. The number of nitrogens with one attached hydrogen (secondary N) is 1. The smallest absolute Gasteiger partial charge is 0.0566 e. The van der Waals surface area contributed by atoms with Gasteiger partial charge in [0.25, 0.3) is 0 Å². The van der Waals surface area contributed by atoms with Gasteiger partial charge in [-0.15, -0.1) is 0 Å². The van der Waals surface area contributed by atoms with Crippen LogP contribution in [0.1, 0.15) is 0 Å². The summed E-state index contributed by atoms with van der Waals surface area (Å²) in [7, 11) is 0. The standard InChI is InChI=1S/C9H8BrN3/c10-7-2-1-3-8(11)9(7)6-4-12-13-5-6/h1-5H,11H2,(H,12,13). The minimum absolute atomic E-state index is 0.746. The van der Waals surface area contributed by atoms with E-state index in [2.05, 4.69) is 26.1 Å². The van der Waals surface area contributed by atoms with Crippen LogP contribution in [0.5, 0.6) is 0 Å². The Kier molecular flexibility index (Phi) is 2.06. The van der Waals surface area contributed by atoms with Gasteiger partial charge in [-0.05, 0) is 12.1 Å². The third kappa shape index (κ3) is 1.45. The number of aromatic amines is 1. The summed E-state index contributed by atoms with van der Waals surface area (Å²) in [6, 6.07) is 5.73. The lowest BCUT2D eigenvalue weighted by Gasteiger charge is -2.04. The van der Waals surface area contributed by atoms with Crippen molar-refractivity contribution in [2.45, 2.75) is 0 Å². The fourth-order valence-electron chi connectivity index (χ4n) is 1.23. The summed E-state index contributed by atoms with van der Waals surface area (Å²) in [5.74, 6) is 0. The quantitative estimate of drug-likeness (QED) is 0.749. The molecule has 2 rings (SSSR count). The number of nitrogens with two attached hydrogens (primary N) is 1. The van der Waals surface area contributed by atoms with Crippen LogP contribution in [0.3, 0.4) is 0 Å². The van der Waals surface area contributed by atoms with Crippen LogP contribution >= 0.6 is 15.9 Å². The van der Waals surface area contributed by atoms with E-state index in [0.717, 1.165) is 21.3 Å². The van der Waals surface area contributed by atoms with Gasteiger partial charge in [0.05, 0.1) is 6.20 Å². The molecule has 0 spiro atoms. The Bertz CT molecular complexity index is 389. The molecule has 0 bridgehead atoms. The number of anilines is 1. The zero-order valence-electron chi connectivity index (χ0n) is 6.79. The summed E-state index contributed by atoms with van der Waals surface area (Å²) >= 11 is 3.45. The highest BCUT2D eigenvalue weighted by molar-refractivity contribution is 9.10. The Morgan fingerprint density at radius 1 is 1.38 bits per heavy atom. The summed E-state index contributed by atoms with van der Waals surface area (Å²) in [4.78, 5) is 0. The van der Waals surface area contributed by atoms with E-state index in [-0.39, 0.29) is 0 Å². The zero-order chi connectivity index (χ0) is 9.26. The number of nitrogen functional groups attached to an aromatic ring is 1. The number of nitrogens with zero attached hydrogens (tertiary/aromatic N) is 1. The van der Waals surface area contributed by atoms with E-state index in [0.29, 0.717) is 0 Å². The predicted molar refractivity (Wildman–Crippen MR) is 56.1 cm³/mol. The molecule has 0 aliphatic carbocycles. The lowest BCUT2D eigenvalue weighted by Crippen LogP contribution is -1.89. The minimum Gasteiger partial charge on any atom is -0.398 e. The molecule has 0 saturated carbocycles. The highest BCUT2D eigenvalue weighted by Crippen LogP contribution is 2.32. The average molecular weight is 238 g/mol. The van der Waals surface area contributed by atoms with E-state index < -0.39 is 0 Å². The highest BCUT2D eigenvalue weighted by atomic mass is 79.9. The van der Waals surface area contributed by atoms with Crippen molar-refractivity contribution in [3.63, 3.8) is 0 Å². The second kappa shape index (κ2) is 3.22. The molecule has 0 amide bonds. The number of rotatable bonds is 1. The van der Waals surface area contributed by atoms with Crippen molar-refractivity contribution in [1.82, 2.24) is 10.2 Å². The van der Waals surface area contributed by atoms with Crippen LogP contribution in [-0.4, -0.2) is 10.2 Å². The van der Waals surface area contributed by atoms with Gasteiger partial charge < -0.3 is 5.73 Å². The van der Waals surface area contributed by atoms with Crippen LogP contribution in [0.4, 0.5) is 5.69 Å². The summed E-state index contributed by atoms with van der Waals surface area (Å²) in [5.41, 5.74) is 8.56. The molecule has 13 heavy (non-hydrogen) atoms. The Balaban J connectivity index is 2.64. The number of H-pyrrole nitrogens is 1. The average Bonchev–Trinajstić information content (AvgIpc) is 2.57. The number of halogens is 1. The van der Waals surface area contributed by atoms with Gasteiger partial charge in [-0.3, -0.25) is 5.10 Å². The fourth-order valence-corrected chi connectivity index (χ4v) is 1.84. The lowest BCUT2D eigenvalue weighted by molar-refractivity contribution is 1.09. The monoisotopic (exact) mass is 237 g/mol. The maximum Gasteiger partial charge on any atom is 0.0566 e. The molecular formula is C9H8BrN3. The number of benzene rings is 1. The number of hydrogen-bond donors (Lipinski definition) is 2. The summed E-state index contributed by atoms with van der Waals surface area (Å²) in [6.45, 7) is 0. The van der Waals surface area contributed by atoms with Gasteiger partial charge in [0.2, 0.25) is 0 Å². The molecule has 3 N–H and O–H groups in total. The van der Waals surface area contributed by atoms with Gasteiger partial charge in [0.1, 0.15) is 0 Å². The SMILES string of the molecule is Nc1cccc(Br)c1-c1cn[nH]c1. The molecule has 0 fully saturated rings. The second-order valence-corrected chi connectivity index (χ2v) is 3.55. The number of hydrogen-bond acceptors (Lipinski definition) is 2. The van der Waals surface area contributed by atoms with Crippen molar-refractivity contribution in [3.05, 3.63) is 35.1 Å². The van der Waals surface area contributed by atoms with Crippen molar-refractivity contribution in [2.75, 3.05) is 5.73 Å². The molecule has 0 radical (unpaired) electrons. The molecule has 1 heterocycles. The summed E-state index contributed by atoms with van der Waals surface area (Å²) < 4.78 is 0.980. The molecule has 0 unspecified atom stereocenters. The van der Waals surface area contributed by atoms with E-state index in [4.69, 9.17) is 5.73 Å². The molecule has 0 atom stereocenters. The molecular weight excluding hydrogens is 230 g/mol. The van der Waals surface area contributed by atoms with Gasteiger partial charge in [-0.25, -0.2) is 0 Å². The van der Waals surface area contributed by atoms with E-state index in [1.54, 1.807) is 6.20 Å². The minimum atomic E-state index is 0.746. The van der Waals surface area contributed by atoms with Crippen LogP contribution in [0, 0.1) is 0 Å². The molecule has 0 aliphatic heterocycles. The van der Waals surface area contributed by atoms with Gasteiger partial charge in [-0.2, -0.15) is 5.10 Å². The summed E-state index contributed by atoms with van der Waals surface area (Å²) in [5, 5.41) is 6.64. The van der Waals surface area contributed by atoms with Crippen molar-refractivity contribution in [3.8, 4) is 11.1 Å². The first-order chi connectivity index (χ1) is 6.29. The predicted octanol–water partition coefficient (Wildman–Crippen LogP) is 2.42. The molecule has 4 heteroatoms. The highest BCUT2D eigenvalue weighted by Gasteiger charge is 2.06. The largest absolute Gasteiger partial charge is 0.398 e. The van der Waals surface area contributed by atoms with Crippen LogP contribution in [0.25, 0.3) is 11.1 Å². The fraction of sp³-hybridized carbons (Fsp3) is 0. The zero-order valence-corrected chi connectivity index (χ0v) is 8.38. The van der Waals surface area contributed by atoms with Crippen LogP contribution < -0.4 is 5.73 Å². The Labute approximate surface area is 84.1 Å². The number of aromatic nitrogens is 2. The van der Waals surface area contributed by atoms with E-state index in [1.807, 2.05) is 24.4 Å². The van der Waals surface area contributed by atoms with Gasteiger partial charge in [0.15, 0.2) is 0 Å². The van der Waals surface area contributed by atoms with E-state index in [1.165, 1.54) is 0 Å². The first kappa shape index (κ1) is 8.31. The first-order valence-electron chi connectivity index (χ1n) is 3.82. The van der Waals surface area contributed by atoms with E-state index >= 15 is 0 Å². The maximum absolute atomic E-state index is 5.84. The third-order valence-electron chi connectivity index (χ3n) is 1.83. The molecule has 2 aromatic rings. The topological polar surface area (TPSA) is 54.7 Å². The lowest BCUT2D eigenvalue weighted by atomic mass is 10.1. The van der Waals surface area contributed by atoms with Crippen molar-refractivity contribution >= 4 is 21.6 Å². The van der Waals surface area contributed by atoms with Crippen LogP contribution in [-0.2, 0) is 0 Å². The van der Waals surface area contributed by atoms with Crippen molar-refractivity contribution < 1.29 is 0 Å². The maximum atomic E-state index is 5.84. The third-order valence-corrected chi connectivity index (χ3v) is 2.49. The van der Waals surface area contributed by atoms with E-state index in [9.17, 15) is 0 Å². The first-order valence-corrected chi connectivity index (χ1v) is 4.61. The van der Waals surface area contributed by atoms with Crippen molar-refractivity contribution in [2.24, 2.45) is 0 Å². The molecule has 1 aromatic carbocycles. The van der Waals surface area contributed by atoms with Gasteiger partial charge >= 0.3 is 0 Å². The molecule has 1 aromatic heterocycles.